The first-order valence-corrected chi connectivity index (χ1v) is 7.53. The number of rotatable bonds is 6. The zero-order chi connectivity index (χ0) is 14.7. The lowest BCUT2D eigenvalue weighted by Crippen LogP contribution is -2.55. The molecule has 1 aromatic rings. The van der Waals surface area contributed by atoms with Crippen LogP contribution in [0.2, 0.25) is 0 Å². The van der Waals surface area contributed by atoms with E-state index in [0.29, 0.717) is 6.42 Å². The molecular weight excluding hydrogens is 254 g/mol. The fourth-order valence-corrected chi connectivity index (χ4v) is 2.84. The average Bonchev–Trinajstić information content (AvgIpc) is 2.68. The Balaban J connectivity index is 2.01. The smallest absolute Gasteiger partial charge is 0.227 e. The molecule has 20 heavy (non-hydrogen) atoms. The van der Waals surface area contributed by atoms with Crippen LogP contribution in [0.3, 0.4) is 0 Å². The van der Waals surface area contributed by atoms with Crippen molar-refractivity contribution in [3.63, 3.8) is 0 Å². The van der Waals surface area contributed by atoms with Gasteiger partial charge in [-0.1, -0.05) is 13.8 Å². The molecule has 2 heterocycles. The summed E-state index contributed by atoms with van der Waals surface area (Å²) in [6.45, 7) is 8.37. The Morgan fingerprint density at radius 2 is 2.00 bits per heavy atom. The quantitative estimate of drug-likeness (QED) is 0.789. The van der Waals surface area contributed by atoms with Gasteiger partial charge in [-0.2, -0.15) is 5.10 Å². The molecule has 0 aromatic carbocycles. The minimum absolute atomic E-state index is 0.193. The summed E-state index contributed by atoms with van der Waals surface area (Å²) < 4.78 is 7.41. The first kappa shape index (κ1) is 15.0. The van der Waals surface area contributed by atoms with Crippen LogP contribution in [0.5, 0.6) is 0 Å². The van der Waals surface area contributed by atoms with Crippen molar-refractivity contribution in [2.75, 3.05) is 19.7 Å². The minimum Gasteiger partial charge on any atom is -0.375 e. The van der Waals surface area contributed by atoms with Crippen molar-refractivity contribution in [1.82, 2.24) is 14.7 Å². The molecule has 2 rings (SSSR count). The van der Waals surface area contributed by atoms with Crippen LogP contribution in [-0.2, 0) is 35.8 Å². The van der Waals surface area contributed by atoms with Gasteiger partial charge in [0, 0.05) is 38.0 Å². The summed E-state index contributed by atoms with van der Waals surface area (Å²) in [5.74, 6) is 0.193. The van der Waals surface area contributed by atoms with Crippen LogP contribution in [0.15, 0.2) is 0 Å². The molecule has 0 N–H and O–H groups in total. The molecule has 0 saturated carbocycles. The second kappa shape index (κ2) is 6.39. The van der Waals surface area contributed by atoms with Gasteiger partial charge in [-0.3, -0.25) is 9.48 Å². The van der Waals surface area contributed by atoms with Crippen LogP contribution < -0.4 is 0 Å². The van der Waals surface area contributed by atoms with E-state index in [-0.39, 0.29) is 12.0 Å². The van der Waals surface area contributed by atoms with E-state index in [0.717, 1.165) is 43.8 Å². The minimum atomic E-state index is 0.193. The van der Waals surface area contributed by atoms with Crippen molar-refractivity contribution >= 4 is 5.91 Å². The lowest BCUT2D eigenvalue weighted by molar-refractivity contribution is -0.143. The molecule has 0 radical (unpaired) electrons. The van der Waals surface area contributed by atoms with Gasteiger partial charge < -0.3 is 9.64 Å². The molecule has 1 fully saturated rings. The third-order valence-electron chi connectivity index (χ3n) is 3.96. The van der Waals surface area contributed by atoms with Gasteiger partial charge in [-0.05, 0) is 19.8 Å². The third kappa shape index (κ3) is 2.87. The van der Waals surface area contributed by atoms with Crippen LogP contribution >= 0.6 is 0 Å². The van der Waals surface area contributed by atoms with Crippen molar-refractivity contribution in [3.05, 3.63) is 17.0 Å². The normalized spacial score (nSPS) is 15.5. The van der Waals surface area contributed by atoms with E-state index in [1.807, 2.05) is 23.6 Å². The highest BCUT2D eigenvalue weighted by atomic mass is 16.5. The Bertz CT molecular complexity index is 476. The molecular formula is C15H25N3O2. The summed E-state index contributed by atoms with van der Waals surface area (Å²) in [5.41, 5.74) is 3.36. The van der Waals surface area contributed by atoms with Crippen LogP contribution in [0.4, 0.5) is 0 Å². The largest absolute Gasteiger partial charge is 0.375 e. The summed E-state index contributed by atoms with van der Waals surface area (Å²) in [6, 6.07) is 0. The number of aromatic nitrogens is 2. The Hall–Kier alpha value is -1.36. The molecule has 1 aliphatic heterocycles. The van der Waals surface area contributed by atoms with Crippen molar-refractivity contribution < 1.29 is 9.53 Å². The standard InChI is InChI=1S/C15H25N3O2/c1-5-13-12(14(6-2)17(4)16-13)8-15(19)18-9-11(10-18)20-7-3/h11H,5-10H2,1-4H3. The first-order chi connectivity index (χ1) is 9.60. The van der Waals surface area contributed by atoms with Gasteiger partial charge in [-0.15, -0.1) is 0 Å². The summed E-state index contributed by atoms with van der Waals surface area (Å²) in [6.07, 6.45) is 2.49. The predicted octanol–water partition coefficient (Wildman–Crippen LogP) is 1.33. The van der Waals surface area contributed by atoms with E-state index in [2.05, 4.69) is 18.9 Å². The highest BCUT2D eigenvalue weighted by Gasteiger charge is 2.31. The van der Waals surface area contributed by atoms with E-state index in [4.69, 9.17) is 4.74 Å². The highest BCUT2D eigenvalue weighted by Crippen LogP contribution is 2.19. The second-order valence-corrected chi connectivity index (χ2v) is 5.26. The number of likely N-dealkylation sites (tertiary alicyclic amines) is 1. The van der Waals surface area contributed by atoms with E-state index in [1.54, 1.807) is 0 Å². The zero-order valence-corrected chi connectivity index (χ0v) is 13.0. The fourth-order valence-electron chi connectivity index (χ4n) is 2.84. The highest BCUT2D eigenvalue weighted by molar-refractivity contribution is 5.80. The van der Waals surface area contributed by atoms with Gasteiger partial charge in [0.1, 0.15) is 0 Å². The topological polar surface area (TPSA) is 47.4 Å². The molecule has 0 bridgehead atoms. The Labute approximate surface area is 120 Å². The van der Waals surface area contributed by atoms with Crippen LogP contribution in [-0.4, -0.2) is 46.4 Å². The average molecular weight is 279 g/mol. The summed E-state index contributed by atoms with van der Waals surface area (Å²) in [7, 11) is 1.96. The van der Waals surface area contributed by atoms with Crippen LogP contribution in [0.25, 0.3) is 0 Å². The first-order valence-electron chi connectivity index (χ1n) is 7.53. The molecule has 0 aliphatic carbocycles. The number of nitrogens with zero attached hydrogens (tertiary/aromatic N) is 3. The van der Waals surface area contributed by atoms with E-state index in [9.17, 15) is 4.79 Å². The predicted molar refractivity (Wildman–Crippen MR) is 77.7 cm³/mol. The van der Waals surface area contributed by atoms with Crippen molar-refractivity contribution in [2.45, 2.75) is 46.1 Å². The van der Waals surface area contributed by atoms with Gasteiger partial charge in [-0.25, -0.2) is 0 Å². The van der Waals surface area contributed by atoms with E-state index >= 15 is 0 Å². The van der Waals surface area contributed by atoms with Crippen molar-refractivity contribution in [3.8, 4) is 0 Å². The molecule has 0 atom stereocenters. The number of carbonyl (C=O) groups excluding carboxylic acids is 1. The SMILES string of the molecule is CCOC1CN(C(=O)Cc2c(CC)nn(C)c2CC)C1. The maximum atomic E-state index is 12.3. The summed E-state index contributed by atoms with van der Waals surface area (Å²) in [4.78, 5) is 14.2. The molecule has 0 unspecified atom stereocenters. The Kier molecular flexibility index (Phi) is 4.81. The van der Waals surface area contributed by atoms with E-state index in [1.165, 1.54) is 5.69 Å². The molecule has 1 aliphatic rings. The van der Waals surface area contributed by atoms with Crippen LogP contribution in [0, 0.1) is 0 Å². The molecule has 5 nitrogen and oxygen atoms in total. The lowest BCUT2D eigenvalue weighted by Gasteiger charge is -2.38. The fraction of sp³-hybridized carbons (Fsp3) is 0.733. The molecule has 5 heteroatoms. The van der Waals surface area contributed by atoms with Gasteiger partial charge in [0.2, 0.25) is 5.91 Å². The Morgan fingerprint density at radius 1 is 1.30 bits per heavy atom. The zero-order valence-electron chi connectivity index (χ0n) is 13.0. The third-order valence-corrected chi connectivity index (χ3v) is 3.96. The summed E-state index contributed by atoms with van der Waals surface area (Å²) >= 11 is 0. The van der Waals surface area contributed by atoms with Gasteiger partial charge in [0.25, 0.3) is 0 Å². The van der Waals surface area contributed by atoms with Gasteiger partial charge >= 0.3 is 0 Å². The maximum Gasteiger partial charge on any atom is 0.227 e. The van der Waals surface area contributed by atoms with E-state index < -0.39 is 0 Å². The molecule has 1 saturated heterocycles. The molecule has 0 spiro atoms. The second-order valence-electron chi connectivity index (χ2n) is 5.26. The van der Waals surface area contributed by atoms with Gasteiger partial charge in [0.05, 0.1) is 18.2 Å². The van der Waals surface area contributed by atoms with Crippen molar-refractivity contribution in [2.24, 2.45) is 7.05 Å². The number of amides is 1. The van der Waals surface area contributed by atoms with Crippen molar-refractivity contribution in [1.29, 1.82) is 0 Å². The molecule has 1 aromatic heterocycles. The number of hydrogen-bond acceptors (Lipinski definition) is 3. The number of aryl methyl sites for hydroxylation is 2. The Morgan fingerprint density at radius 3 is 2.55 bits per heavy atom. The monoisotopic (exact) mass is 279 g/mol. The number of ether oxygens (including phenoxy) is 1. The van der Waals surface area contributed by atoms with Gasteiger partial charge in [0.15, 0.2) is 0 Å². The maximum absolute atomic E-state index is 12.3. The van der Waals surface area contributed by atoms with Crippen LogP contribution in [0.1, 0.15) is 37.7 Å². The number of hydrogen-bond donors (Lipinski definition) is 0. The molecule has 112 valence electrons. The lowest BCUT2D eigenvalue weighted by atomic mass is 10.0. The summed E-state index contributed by atoms with van der Waals surface area (Å²) in [5, 5.41) is 4.52. The number of carbonyl (C=O) groups is 1. The molecule has 1 amide bonds.